The van der Waals surface area contributed by atoms with Gasteiger partial charge in [-0.3, -0.25) is 14.2 Å². The number of fused-ring (bicyclic) bond motifs is 1. The first-order chi connectivity index (χ1) is 10.1. The number of nitrogens with zero attached hydrogens (tertiary/aromatic N) is 3. The molecule has 0 aliphatic rings. The Morgan fingerprint density at radius 1 is 1.19 bits per heavy atom. The van der Waals surface area contributed by atoms with Crippen molar-refractivity contribution in [3.05, 3.63) is 64.3 Å². The zero-order valence-electron chi connectivity index (χ0n) is 11.9. The molecule has 3 rings (SSSR count). The highest BCUT2D eigenvalue weighted by atomic mass is 16.1. The van der Waals surface area contributed by atoms with E-state index in [1.54, 1.807) is 16.7 Å². The first kappa shape index (κ1) is 13.5. The van der Waals surface area contributed by atoms with Crippen molar-refractivity contribution in [2.75, 3.05) is 0 Å². The van der Waals surface area contributed by atoms with E-state index >= 15 is 0 Å². The van der Waals surface area contributed by atoms with Crippen LogP contribution >= 0.6 is 0 Å². The largest absolute Gasteiger partial charge is 0.323 e. The number of hydrogen-bond donors (Lipinski definition) is 1. The summed E-state index contributed by atoms with van der Waals surface area (Å²) in [6.07, 6.45) is 1.66. The van der Waals surface area contributed by atoms with Crippen molar-refractivity contribution in [3.63, 3.8) is 0 Å². The maximum atomic E-state index is 12.9. The molecule has 0 spiro atoms. The zero-order valence-corrected chi connectivity index (χ0v) is 11.9. The van der Waals surface area contributed by atoms with Crippen molar-refractivity contribution in [1.82, 2.24) is 14.4 Å². The molecule has 0 aromatic carbocycles. The average Bonchev–Trinajstić information content (AvgIpc) is 2.47. The number of nitrogens with two attached hydrogens (primary N) is 1. The van der Waals surface area contributed by atoms with E-state index < -0.39 is 0 Å². The van der Waals surface area contributed by atoms with Crippen molar-refractivity contribution in [2.24, 2.45) is 5.73 Å². The van der Waals surface area contributed by atoms with Gasteiger partial charge in [-0.05, 0) is 38.1 Å². The third-order valence-corrected chi connectivity index (χ3v) is 3.42. The van der Waals surface area contributed by atoms with Gasteiger partial charge in [0.15, 0.2) is 0 Å². The van der Waals surface area contributed by atoms with Gasteiger partial charge >= 0.3 is 0 Å². The fourth-order valence-electron chi connectivity index (χ4n) is 2.44. The Hall–Kier alpha value is -2.53. The quantitative estimate of drug-likeness (QED) is 0.780. The molecule has 1 atom stereocenters. The summed E-state index contributed by atoms with van der Waals surface area (Å²) in [4.78, 5) is 21.8. The van der Waals surface area contributed by atoms with Crippen LogP contribution in [-0.2, 0) is 0 Å². The van der Waals surface area contributed by atoms with E-state index in [-0.39, 0.29) is 11.6 Å². The number of pyridine rings is 2. The second-order valence-electron chi connectivity index (χ2n) is 5.04. The highest BCUT2D eigenvalue weighted by Crippen LogP contribution is 2.21. The molecule has 3 aromatic rings. The van der Waals surface area contributed by atoms with Crippen LogP contribution in [0.25, 0.3) is 16.9 Å². The first-order valence-corrected chi connectivity index (χ1v) is 6.79. The molecule has 0 fully saturated rings. The lowest BCUT2D eigenvalue weighted by atomic mass is 10.1. The van der Waals surface area contributed by atoms with Crippen molar-refractivity contribution >= 4 is 5.65 Å². The van der Waals surface area contributed by atoms with Crippen LogP contribution in [0.1, 0.15) is 24.4 Å². The predicted octanol–water partition coefficient (Wildman–Crippen LogP) is 2.08. The maximum absolute atomic E-state index is 12.9. The number of rotatable bonds is 2. The van der Waals surface area contributed by atoms with Gasteiger partial charge in [-0.15, -0.1) is 0 Å². The summed E-state index contributed by atoms with van der Waals surface area (Å²) in [5.41, 5.74) is 8.95. The molecule has 3 heterocycles. The molecule has 0 aliphatic carbocycles. The van der Waals surface area contributed by atoms with Gasteiger partial charge in [-0.1, -0.05) is 12.1 Å². The van der Waals surface area contributed by atoms with Crippen LogP contribution in [0, 0.1) is 6.92 Å². The van der Waals surface area contributed by atoms with E-state index in [4.69, 9.17) is 5.73 Å². The number of aryl methyl sites for hydroxylation is 1. The molecule has 21 heavy (non-hydrogen) atoms. The molecule has 0 bridgehead atoms. The van der Waals surface area contributed by atoms with E-state index in [0.29, 0.717) is 22.6 Å². The number of hydrogen-bond acceptors (Lipinski definition) is 4. The summed E-state index contributed by atoms with van der Waals surface area (Å²) in [7, 11) is 0. The van der Waals surface area contributed by atoms with E-state index in [1.807, 2.05) is 44.2 Å². The topological polar surface area (TPSA) is 73.3 Å². The van der Waals surface area contributed by atoms with Gasteiger partial charge in [0.25, 0.3) is 5.56 Å². The molecule has 5 heteroatoms. The minimum Gasteiger partial charge on any atom is -0.323 e. The fraction of sp³-hybridized carbons (Fsp3) is 0.188. The normalized spacial score (nSPS) is 12.5. The second-order valence-corrected chi connectivity index (χ2v) is 5.04. The highest BCUT2D eigenvalue weighted by Gasteiger charge is 2.18. The number of aromatic nitrogens is 3. The zero-order chi connectivity index (χ0) is 15.0. The van der Waals surface area contributed by atoms with Crippen molar-refractivity contribution in [3.8, 4) is 11.3 Å². The second kappa shape index (κ2) is 5.10. The average molecular weight is 280 g/mol. The summed E-state index contributed by atoms with van der Waals surface area (Å²) in [6.45, 7) is 3.70. The molecule has 106 valence electrons. The van der Waals surface area contributed by atoms with E-state index in [1.165, 1.54) is 0 Å². The monoisotopic (exact) mass is 280 g/mol. The van der Waals surface area contributed by atoms with Gasteiger partial charge in [0.1, 0.15) is 5.65 Å². The van der Waals surface area contributed by atoms with Crippen LogP contribution in [0.2, 0.25) is 0 Å². The van der Waals surface area contributed by atoms with Crippen LogP contribution in [0.4, 0.5) is 0 Å². The Bertz CT molecular complexity index is 853. The van der Waals surface area contributed by atoms with Crippen LogP contribution in [0.5, 0.6) is 0 Å². The van der Waals surface area contributed by atoms with E-state index in [0.717, 1.165) is 5.69 Å². The molecule has 5 nitrogen and oxygen atoms in total. The lowest BCUT2D eigenvalue weighted by Crippen LogP contribution is -2.24. The van der Waals surface area contributed by atoms with Crippen molar-refractivity contribution in [2.45, 2.75) is 19.9 Å². The molecule has 0 aliphatic heterocycles. The first-order valence-electron chi connectivity index (χ1n) is 6.79. The lowest BCUT2D eigenvalue weighted by Gasteiger charge is -2.14. The summed E-state index contributed by atoms with van der Waals surface area (Å²) in [5, 5.41) is 0. The van der Waals surface area contributed by atoms with Crippen LogP contribution in [0.3, 0.4) is 0 Å². The van der Waals surface area contributed by atoms with Crippen molar-refractivity contribution < 1.29 is 0 Å². The molecular formula is C16H16N4O. The summed E-state index contributed by atoms with van der Waals surface area (Å²) in [5.74, 6) is 0. The van der Waals surface area contributed by atoms with Gasteiger partial charge in [0.2, 0.25) is 0 Å². The molecular weight excluding hydrogens is 264 g/mol. The molecule has 1 unspecified atom stereocenters. The predicted molar refractivity (Wildman–Crippen MR) is 82.0 cm³/mol. The van der Waals surface area contributed by atoms with Crippen molar-refractivity contribution in [1.29, 1.82) is 0 Å². The summed E-state index contributed by atoms with van der Waals surface area (Å²) >= 11 is 0. The fourth-order valence-corrected chi connectivity index (χ4v) is 2.44. The molecule has 2 N–H and O–H groups in total. The molecule has 0 saturated heterocycles. The Kier molecular flexibility index (Phi) is 3.27. The Morgan fingerprint density at radius 2 is 2.00 bits per heavy atom. The minimum absolute atomic E-state index is 0.135. The van der Waals surface area contributed by atoms with Gasteiger partial charge < -0.3 is 5.73 Å². The maximum Gasteiger partial charge on any atom is 0.267 e. The minimum atomic E-state index is -0.347. The molecule has 0 amide bonds. The van der Waals surface area contributed by atoms with Gasteiger partial charge in [0.05, 0.1) is 17.0 Å². The van der Waals surface area contributed by atoms with E-state index in [9.17, 15) is 4.79 Å². The van der Waals surface area contributed by atoms with Crippen LogP contribution in [-0.4, -0.2) is 14.4 Å². The van der Waals surface area contributed by atoms with Crippen LogP contribution in [0.15, 0.2) is 47.4 Å². The SMILES string of the molecule is Cc1cccc2nc(C(C)N)c(-c3ccccn3)c(=O)n12. The van der Waals surface area contributed by atoms with E-state index in [2.05, 4.69) is 9.97 Å². The van der Waals surface area contributed by atoms with Gasteiger partial charge in [0, 0.05) is 17.9 Å². The Labute approximate surface area is 122 Å². The van der Waals surface area contributed by atoms with Crippen LogP contribution < -0.4 is 11.3 Å². The summed E-state index contributed by atoms with van der Waals surface area (Å²) in [6, 6.07) is 10.7. The highest BCUT2D eigenvalue weighted by molar-refractivity contribution is 5.63. The lowest BCUT2D eigenvalue weighted by molar-refractivity contribution is 0.774. The third-order valence-electron chi connectivity index (χ3n) is 3.42. The Balaban J connectivity index is 2.47. The smallest absolute Gasteiger partial charge is 0.267 e. The Morgan fingerprint density at radius 3 is 2.67 bits per heavy atom. The molecule has 0 saturated carbocycles. The molecule has 3 aromatic heterocycles. The molecule has 0 radical (unpaired) electrons. The van der Waals surface area contributed by atoms with Gasteiger partial charge in [-0.25, -0.2) is 4.98 Å². The standard InChI is InChI=1S/C16H16N4O/c1-10-6-5-8-13-19-15(11(2)17)14(16(21)20(10)13)12-7-3-4-9-18-12/h3-9,11H,17H2,1-2H3. The summed E-state index contributed by atoms with van der Waals surface area (Å²) < 4.78 is 1.59. The third kappa shape index (κ3) is 2.21. The van der Waals surface area contributed by atoms with Gasteiger partial charge in [-0.2, -0.15) is 0 Å².